The number of aliphatic carboxylic acids is 1. The molecule has 0 saturated carbocycles. The van der Waals surface area contributed by atoms with Crippen molar-refractivity contribution in [1.82, 2.24) is 0 Å². The molecule has 2 N–H and O–H groups in total. The van der Waals surface area contributed by atoms with E-state index in [1.807, 2.05) is 25.1 Å². The second kappa shape index (κ2) is 5.65. The standard InChI is InChI=1S/C13H17BrO3/c1-7-4-5-10(6-11(7)14)12(15)8(2)9(3)13(16)17/h4-6,8-9,12,15H,1-3H3,(H,16,17). The lowest BCUT2D eigenvalue weighted by Gasteiger charge is -2.23. The van der Waals surface area contributed by atoms with E-state index in [9.17, 15) is 9.90 Å². The molecular weight excluding hydrogens is 284 g/mol. The van der Waals surface area contributed by atoms with Crippen LogP contribution in [0.2, 0.25) is 0 Å². The van der Waals surface area contributed by atoms with Crippen molar-refractivity contribution in [2.45, 2.75) is 26.9 Å². The summed E-state index contributed by atoms with van der Waals surface area (Å²) in [6.07, 6.45) is -0.766. The van der Waals surface area contributed by atoms with E-state index in [4.69, 9.17) is 5.11 Å². The van der Waals surface area contributed by atoms with E-state index >= 15 is 0 Å². The van der Waals surface area contributed by atoms with Gasteiger partial charge in [-0.05, 0) is 30.0 Å². The molecule has 0 amide bonds. The Kier molecular flexibility index (Phi) is 4.71. The van der Waals surface area contributed by atoms with Crippen LogP contribution in [0.3, 0.4) is 0 Å². The molecule has 3 atom stereocenters. The Morgan fingerprint density at radius 3 is 2.41 bits per heavy atom. The highest BCUT2D eigenvalue weighted by molar-refractivity contribution is 9.10. The molecule has 0 radical (unpaired) electrons. The van der Waals surface area contributed by atoms with Gasteiger partial charge in [-0.15, -0.1) is 0 Å². The van der Waals surface area contributed by atoms with Crippen LogP contribution in [-0.2, 0) is 4.79 Å². The molecule has 3 nitrogen and oxygen atoms in total. The maximum absolute atomic E-state index is 10.9. The van der Waals surface area contributed by atoms with Crippen LogP contribution in [-0.4, -0.2) is 16.2 Å². The van der Waals surface area contributed by atoms with Crippen LogP contribution < -0.4 is 0 Å². The molecular formula is C13H17BrO3. The summed E-state index contributed by atoms with van der Waals surface area (Å²) in [6, 6.07) is 5.57. The minimum atomic E-state index is -0.886. The van der Waals surface area contributed by atoms with E-state index in [0.717, 1.165) is 15.6 Å². The molecule has 0 heterocycles. The smallest absolute Gasteiger partial charge is 0.306 e. The number of aliphatic hydroxyl groups excluding tert-OH is 1. The fourth-order valence-corrected chi connectivity index (χ4v) is 1.99. The zero-order valence-corrected chi connectivity index (χ0v) is 11.7. The van der Waals surface area contributed by atoms with Gasteiger partial charge in [0.1, 0.15) is 0 Å². The molecule has 0 aliphatic heterocycles. The van der Waals surface area contributed by atoms with Gasteiger partial charge in [0.2, 0.25) is 0 Å². The average molecular weight is 301 g/mol. The zero-order valence-electron chi connectivity index (χ0n) is 10.1. The summed E-state index contributed by atoms with van der Waals surface area (Å²) in [5, 5.41) is 19.1. The van der Waals surface area contributed by atoms with Gasteiger partial charge in [0.15, 0.2) is 0 Å². The maximum atomic E-state index is 10.9. The minimum absolute atomic E-state index is 0.331. The number of aliphatic hydroxyl groups is 1. The molecule has 0 bridgehead atoms. The van der Waals surface area contributed by atoms with Crippen LogP contribution in [0.15, 0.2) is 22.7 Å². The van der Waals surface area contributed by atoms with Gasteiger partial charge in [-0.3, -0.25) is 4.79 Å². The summed E-state index contributed by atoms with van der Waals surface area (Å²) in [4.78, 5) is 10.9. The van der Waals surface area contributed by atoms with Crippen molar-refractivity contribution in [1.29, 1.82) is 0 Å². The summed E-state index contributed by atoms with van der Waals surface area (Å²) < 4.78 is 0.921. The second-order valence-corrected chi connectivity index (χ2v) is 5.29. The first-order valence-electron chi connectivity index (χ1n) is 5.51. The molecule has 0 aromatic heterocycles. The van der Waals surface area contributed by atoms with E-state index in [-0.39, 0.29) is 5.92 Å². The van der Waals surface area contributed by atoms with Crippen molar-refractivity contribution in [2.75, 3.05) is 0 Å². The summed E-state index contributed by atoms with van der Waals surface area (Å²) >= 11 is 3.40. The Hall–Kier alpha value is -0.870. The molecule has 0 aliphatic rings. The lowest BCUT2D eigenvalue weighted by molar-refractivity contribution is -0.144. The maximum Gasteiger partial charge on any atom is 0.306 e. The second-order valence-electron chi connectivity index (χ2n) is 4.44. The number of benzene rings is 1. The lowest BCUT2D eigenvalue weighted by Crippen LogP contribution is -2.23. The third kappa shape index (κ3) is 3.30. The van der Waals surface area contributed by atoms with Crippen molar-refractivity contribution in [3.05, 3.63) is 33.8 Å². The van der Waals surface area contributed by atoms with E-state index < -0.39 is 18.0 Å². The molecule has 1 aromatic rings. The quantitative estimate of drug-likeness (QED) is 0.898. The van der Waals surface area contributed by atoms with E-state index in [0.29, 0.717) is 0 Å². The molecule has 0 spiro atoms. The molecule has 4 heteroatoms. The van der Waals surface area contributed by atoms with Crippen LogP contribution in [0.25, 0.3) is 0 Å². The Bertz CT molecular complexity index is 417. The van der Waals surface area contributed by atoms with Crippen LogP contribution in [0, 0.1) is 18.8 Å². The predicted molar refractivity (Wildman–Crippen MR) is 69.8 cm³/mol. The van der Waals surface area contributed by atoms with Crippen molar-refractivity contribution in [2.24, 2.45) is 11.8 Å². The number of hydrogen-bond donors (Lipinski definition) is 2. The highest BCUT2D eigenvalue weighted by atomic mass is 79.9. The van der Waals surface area contributed by atoms with E-state index in [1.54, 1.807) is 13.8 Å². The van der Waals surface area contributed by atoms with Crippen molar-refractivity contribution >= 4 is 21.9 Å². The van der Waals surface area contributed by atoms with Gasteiger partial charge in [0.25, 0.3) is 0 Å². The minimum Gasteiger partial charge on any atom is -0.481 e. The SMILES string of the molecule is Cc1ccc(C(O)C(C)C(C)C(=O)O)cc1Br. The lowest BCUT2D eigenvalue weighted by atomic mass is 9.87. The van der Waals surface area contributed by atoms with Gasteiger partial charge >= 0.3 is 5.97 Å². The molecule has 0 fully saturated rings. The van der Waals surface area contributed by atoms with Crippen LogP contribution >= 0.6 is 15.9 Å². The number of halogens is 1. The summed E-state index contributed by atoms with van der Waals surface area (Å²) in [7, 11) is 0. The normalized spacial score (nSPS) is 16.3. The Labute approximate surface area is 110 Å². The van der Waals surface area contributed by atoms with Gasteiger partial charge in [-0.1, -0.05) is 41.9 Å². The van der Waals surface area contributed by atoms with Gasteiger partial charge in [-0.2, -0.15) is 0 Å². The molecule has 3 unspecified atom stereocenters. The van der Waals surface area contributed by atoms with E-state index in [2.05, 4.69) is 15.9 Å². The van der Waals surface area contributed by atoms with Crippen molar-refractivity contribution < 1.29 is 15.0 Å². The molecule has 17 heavy (non-hydrogen) atoms. The first-order chi connectivity index (χ1) is 7.84. The number of hydrogen-bond acceptors (Lipinski definition) is 2. The van der Waals surface area contributed by atoms with Crippen molar-refractivity contribution in [3.8, 4) is 0 Å². The molecule has 1 aromatic carbocycles. The van der Waals surface area contributed by atoms with Gasteiger partial charge in [-0.25, -0.2) is 0 Å². The predicted octanol–water partition coefficient (Wildman–Crippen LogP) is 3.15. The van der Waals surface area contributed by atoms with Crippen LogP contribution in [0.5, 0.6) is 0 Å². The fourth-order valence-electron chi connectivity index (χ4n) is 1.59. The monoisotopic (exact) mass is 300 g/mol. The zero-order chi connectivity index (χ0) is 13.2. The van der Waals surface area contributed by atoms with Crippen molar-refractivity contribution in [3.63, 3.8) is 0 Å². The van der Waals surface area contributed by atoms with Gasteiger partial charge < -0.3 is 10.2 Å². The van der Waals surface area contributed by atoms with E-state index in [1.165, 1.54) is 0 Å². The van der Waals surface area contributed by atoms with Crippen LogP contribution in [0.1, 0.15) is 31.1 Å². The summed E-state index contributed by atoms with van der Waals surface area (Å²) in [6.45, 7) is 5.32. The van der Waals surface area contributed by atoms with Gasteiger partial charge in [0.05, 0.1) is 12.0 Å². The Morgan fingerprint density at radius 1 is 1.35 bits per heavy atom. The first kappa shape index (κ1) is 14.2. The summed E-state index contributed by atoms with van der Waals surface area (Å²) in [5.74, 6) is -1.80. The number of rotatable bonds is 4. The Balaban J connectivity index is 2.92. The Morgan fingerprint density at radius 2 is 1.94 bits per heavy atom. The largest absolute Gasteiger partial charge is 0.481 e. The summed E-state index contributed by atoms with van der Waals surface area (Å²) in [5.41, 5.74) is 1.82. The third-order valence-corrected chi connectivity index (χ3v) is 4.07. The highest BCUT2D eigenvalue weighted by Gasteiger charge is 2.27. The number of carboxylic acid groups (broad SMARTS) is 1. The highest BCUT2D eigenvalue weighted by Crippen LogP contribution is 2.30. The first-order valence-corrected chi connectivity index (χ1v) is 6.30. The molecule has 1 rings (SSSR count). The number of aryl methyl sites for hydroxylation is 1. The molecule has 0 saturated heterocycles. The third-order valence-electron chi connectivity index (χ3n) is 3.21. The molecule has 0 aliphatic carbocycles. The average Bonchev–Trinajstić information content (AvgIpc) is 2.29. The number of carboxylic acids is 1. The fraction of sp³-hybridized carbons (Fsp3) is 0.462. The van der Waals surface area contributed by atoms with Crippen LogP contribution in [0.4, 0.5) is 0 Å². The van der Waals surface area contributed by atoms with Gasteiger partial charge in [0, 0.05) is 4.47 Å². The molecule has 94 valence electrons. The number of carbonyl (C=O) groups is 1. The topological polar surface area (TPSA) is 57.5 Å².